The Morgan fingerprint density at radius 2 is 1.93 bits per heavy atom. The smallest absolute Gasteiger partial charge is 0.324 e. The van der Waals surface area contributed by atoms with Gasteiger partial charge >= 0.3 is 6.03 Å². The van der Waals surface area contributed by atoms with E-state index < -0.39 is 6.03 Å². The fourth-order valence-corrected chi connectivity index (χ4v) is 4.63. The predicted octanol–water partition coefficient (Wildman–Crippen LogP) is 3.11. The maximum Gasteiger partial charge on any atom is 0.324 e. The summed E-state index contributed by atoms with van der Waals surface area (Å²) in [6, 6.07) is 6.59. The molecule has 1 aromatic heterocycles. The first kappa shape index (κ1) is 18.6. The maximum absolute atomic E-state index is 12.9. The molecule has 4 rings (SSSR count). The molecule has 1 saturated heterocycles. The van der Waals surface area contributed by atoms with E-state index in [-0.39, 0.29) is 24.9 Å². The minimum atomic E-state index is -0.431. The lowest BCUT2D eigenvalue weighted by Gasteiger charge is -2.15. The number of imide groups is 1. The van der Waals surface area contributed by atoms with Gasteiger partial charge in [0.05, 0.1) is 18.8 Å². The molecule has 7 nitrogen and oxygen atoms in total. The third-order valence-electron chi connectivity index (χ3n) is 5.09. The molecule has 2 aliphatic rings. The third kappa shape index (κ3) is 3.91. The number of amides is 4. The quantitative estimate of drug-likeness (QED) is 0.774. The second-order valence-corrected chi connectivity index (χ2v) is 8.14. The number of benzene rings is 1. The zero-order valence-electron chi connectivity index (χ0n) is 15.5. The highest BCUT2D eigenvalue weighted by molar-refractivity contribution is 7.15. The first-order chi connectivity index (χ1) is 13.6. The van der Waals surface area contributed by atoms with Crippen molar-refractivity contribution in [1.29, 1.82) is 0 Å². The SMILES string of the molecule is O=C(Nc1nc2c(s1)CCCCCC2)c1ccccc1CN1C(=O)CNC1=O. The average molecular weight is 398 g/mol. The van der Waals surface area contributed by atoms with Crippen LogP contribution < -0.4 is 10.6 Å². The number of hydrogen-bond donors (Lipinski definition) is 2. The van der Waals surface area contributed by atoms with Crippen molar-refractivity contribution in [2.75, 3.05) is 11.9 Å². The summed E-state index contributed by atoms with van der Waals surface area (Å²) >= 11 is 1.55. The highest BCUT2D eigenvalue weighted by atomic mass is 32.1. The molecule has 0 spiro atoms. The lowest BCUT2D eigenvalue weighted by molar-refractivity contribution is -0.125. The molecule has 8 heteroatoms. The van der Waals surface area contributed by atoms with Crippen LogP contribution in [0.4, 0.5) is 9.93 Å². The van der Waals surface area contributed by atoms with Crippen LogP contribution in [-0.4, -0.2) is 34.3 Å². The summed E-state index contributed by atoms with van der Waals surface area (Å²) in [5.41, 5.74) is 2.17. The van der Waals surface area contributed by atoms with Crippen molar-refractivity contribution in [2.24, 2.45) is 0 Å². The number of nitrogens with one attached hydrogen (secondary N) is 2. The van der Waals surface area contributed by atoms with Gasteiger partial charge in [0.1, 0.15) is 0 Å². The molecule has 1 aliphatic heterocycles. The number of nitrogens with zero attached hydrogens (tertiary/aromatic N) is 2. The Labute approximate surface area is 167 Å². The minimum Gasteiger partial charge on any atom is -0.329 e. The van der Waals surface area contributed by atoms with Crippen LogP contribution in [0.1, 0.15) is 52.2 Å². The van der Waals surface area contributed by atoms with Gasteiger partial charge < -0.3 is 5.32 Å². The molecule has 0 bridgehead atoms. The number of fused-ring (bicyclic) bond motifs is 1. The molecule has 146 valence electrons. The first-order valence-electron chi connectivity index (χ1n) is 9.58. The minimum absolute atomic E-state index is 0.00212. The van der Waals surface area contributed by atoms with Gasteiger partial charge in [-0.2, -0.15) is 0 Å². The average Bonchev–Trinajstić information content (AvgIpc) is 3.19. The molecular weight excluding hydrogens is 376 g/mol. The van der Waals surface area contributed by atoms with Crippen LogP contribution in [0, 0.1) is 0 Å². The van der Waals surface area contributed by atoms with Gasteiger partial charge in [-0.15, -0.1) is 11.3 Å². The number of anilines is 1. The molecule has 4 amide bonds. The second-order valence-electron chi connectivity index (χ2n) is 7.05. The summed E-state index contributed by atoms with van der Waals surface area (Å²) in [7, 11) is 0. The monoisotopic (exact) mass is 398 g/mol. The van der Waals surface area contributed by atoms with Crippen molar-refractivity contribution in [1.82, 2.24) is 15.2 Å². The fraction of sp³-hybridized carbons (Fsp3) is 0.400. The Kier molecular flexibility index (Phi) is 5.38. The van der Waals surface area contributed by atoms with Crippen LogP contribution in [-0.2, 0) is 24.2 Å². The van der Waals surface area contributed by atoms with Crippen molar-refractivity contribution < 1.29 is 14.4 Å². The normalized spacial score (nSPS) is 16.9. The van der Waals surface area contributed by atoms with Crippen molar-refractivity contribution in [2.45, 2.75) is 45.1 Å². The number of rotatable bonds is 4. The number of carbonyl (C=O) groups is 3. The summed E-state index contributed by atoms with van der Waals surface area (Å²) in [5, 5.41) is 6.02. The van der Waals surface area contributed by atoms with E-state index in [9.17, 15) is 14.4 Å². The molecule has 0 unspecified atom stereocenters. The van der Waals surface area contributed by atoms with E-state index >= 15 is 0 Å². The van der Waals surface area contributed by atoms with Crippen LogP contribution in [0.25, 0.3) is 0 Å². The largest absolute Gasteiger partial charge is 0.329 e. The van der Waals surface area contributed by atoms with Gasteiger partial charge in [-0.3, -0.25) is 19.8 Å². The highest BCUT2D eigenvalue weighted by Gasteiger charge is 2.29. The number of aryl methyl sites for hydroxylation is 2. The topological polar surface area (TPSA) is 91.4 Å². The Bertz CT molecular complexity index is 882. The number of thiazole rings is 1. The van der Waals surface area contributed by atoms with Gasteiger partial charge in [0.25, 0.3) is 5.91 Å². The molecule has 1 fully saturated rings. The van der Waals surface area contributed by atoms with Crippen molar-refractivity contribution in [3.8, 4) is 0 Å². The van der Waals surface area contributed by atoms with Crippen molar-refractivity contribution in [3.63, 3.8) is 0 Å². The Hall–Kier alpha value is -2.74. The summed E-state index contributed by atoms with van der Waals surface area (Å²) < 4.78 is 0. The molecule has 0 atom stereocenters. The van der Waals surface area contributed by atoms with Gasteiger partial charge in [0, 0.05) is 10.4 Å². The molecule has 2 N–H and O–H groups in total. The van der Waals surface area contributed by atoms with Crippen molar-refractivity contribution >= 4 is 34.3 Å². The van der Waals surface area contributed by atoms with Crippen LogP contribution >= 0.6 is 11.3 Å². The fourth-order valence-electron chi connectivity index (χ4n) is 3.59. The molecule has 1 aromatic carbocycles. The number of aromatic nitrogens is 1. The summed E-state index contributed by atoms with van der Waals surface area (Å²) in [4.78, 5) is 43.6. The van der Waals surface area contributed by atoms with Gasteiger partial charge in [-0.1, -0.05) is 31.0 Å². The van der Waals surface area contributed by atoms with Crippen molar-refractivity contribution in [3.05, 3.63) is 46.0 Å². The Morgan fingerprint density at radius 1 is 1.14 bits per heavy atom. The highest BCUT2D eigenvalue weighted by Crippen LogP contribution is 2.29. The Morgan fingerprint density at radius 3 is 2.71 bits per heavy atom. The van der Waals surface area contributed by atoms with Crippen LogP contribution in [0.3, 0.4) is 0 Å². The number of urea groups is 1. The lowest BCUT2D eigenvalue weighted by Crippen LogP contribution is -2.31. The standard InChI is InChI=1S/C20H22N4O3S/c25-17-11-21-20(27)24(17)12-13-7-5-6-8-14(13)18(26)23-19-22-15-9-3-1-2-4-10-16(15)28-19/h5-8H,1-4,9-12H2,(H,21,27)(H,22,23,26). The molecule has 1 aliphatic carbocycles. The van der Waals surface area contributed by atoms with E-state index in [1.807, 2.05) is 0 Å². The number of hydrogen-bond acceptors (Lipinski definition) is 5. The molecule has 0 radical (unpaired) electrons. The summed E-state index contributed by atoms with van der Waals surface area (Å²) in [5.74, 6) is -0.565. The summed E-state index contributed by atoms with van der Waals surface area (Å²) in [6.45, 7) is 0.0699. The first-order valence-corrected chi connectivity index (χ1v) is 10.4. The van der Waals surface area contributed by atoms with Gasteiger partial charge in [0.15, 0.2) is 5.13 Å². The lowest BCUT2D eigenvalue weighted by atomic mass is 10.0. The molecule has 28 heavy (non-hydrogen) atoms. The third-order valence-corrected chi connectivity index (χ3v) is 6.17. The van der Waals surface area contributed by atoms with Crippen LogP contribution in [0.5, 0.6) is 0 Å². The van der Waals surface area contributed by atoms with E-state index in [4.69, 9.17) is 0 Å². The van der Waals surface area contributed by atoms with Gasteiger partial charge in [-0.25, -0.2) is 9.78 Å². The van der Waals surface area contributed by atoms with Crippen LogP contribution in [0.15, 0.2) is 24.3 Å². The van der Waals surface area contributed by atoms with E-state index in [0.29, 0.717) is 16.3 Å². The molecule has 2 aromatic rings. The van der Waals surface area contributed by atoms with E-state index in [1.165, 1.54) is 17.7 Å². The molecule has 2 heterocycles. The van der Waals surface area contributed by atoms with Crippen LogP contribution in [0.2, 0.25) is 0 Å². The zero-order chi connectivity index (χ0) is 19.5. The van der Waals surface area contributed by atoms with E-state index in [2.05, 4.69) is 15.6 Å². The zero-order valence-corrected chi connectivity index (χ0v) is 16.3. The maximum atomic E-state index is 12.9. The predicted molar refractivity (Wildman–Crippen MR) is 106 cm³/mol. The molecule has 0 saturated carbocycles. The Balaban J connectivity index is 1.52. The molecular formula is C20H22N4O3S. The van der Waals surface area contributed by atoms with Gasteiger partial charge in [-0.05, 0) is 37.3 Å². The number of carbonyl (C=O) groups excluding carboxylic acids is 3. The second kappa shape index (κ2) is 8.10. The summed E-state index contributed by atoms with van der Waals surface area (Å²) in [6.07, 6.45) is 6.76. The van der Waals surface area contributed by atoms with Gasteiger partial charge in [0.2, 0.25) is 5.91 Å². The van der Waals surface area contributed by atoms with E-state index in [0.717, 1.165) is 36.3 Å². The van der Waals surface area contributed by atoms with E-state index in [1.54, 1.807) is 35.6 Å².